The molecule has 0 bridgehead atoms. The zero-order valence-electron chi connectivity index (χ0n) is 17.8. The molecule has 1 aliphatic rings. The van der Waals surface area contributed by atoms with Gasteiger partial charge in [-0.25, -0.2) is 4.79 Å². The molecule has 166 valence electrons. The molecule has 5 N–H and O–H groups in total. The Morgan fingerprint density at radius 2 is 1.84 bits per heavy atom. The van der Waals surface area contributed by atoms with E-state index in [0.717, 1.165) is 43.7 Å². The van der Waals surface area contributed by atoms with Gasteiger partial charge in [0.2, 0.25) is 12.3 Å². The highest BCUT2D eigenvalue weighted by Gasteiger charge is 2.18. The molecule has 2 aromatic rings. The van der Waals surface area contributed by atoms with E-state index >= 15 is 0 Å². The maximum Gasteiger partial charge on any atom is 0.319 e. The predicted octanol–water partition coefficient (Wildman–Crippen LogP) is 1.65. The summed E-state index contributed by atoms with van der Waals surface area (Å²) in [6.07, 6.45) is 2.03. The minimum absolute atomic E-state index is 0.438. The van der Waals surface area contributed by atoms with Gasteiger partial charge < -0.3 is 26.6 Å². The molecule has 1 unspecified atom stereocenters. The molecule has 8 heteroatoms. The van der Waals surface area contributed by atoms with Crippen LogP contribution in [-0.4, -0.2) is 55.5 Å². The number of aryl methyl sites for hydroxylation is 2. The standard InChI is InChI=1S/C18H21N3O2.C5H10N2O/c1-13-6-5-9-15(12-13)20-18(23)21-16(17(19)22)11-10-14-7-3-2-4-8-14;8-5-7-3-1-6-2-4-7/h2-9,12,16H,10-11H2,1H3,(H2,19,22)(H2,20,21,23);5-6H,1-4H2. The number of piperazine rings is 1. The van der Waals surface area contributed by atoms with E-state index in [4.69, 9.17) is 5.73 Å². The molecule has 1 saturated heterocycles. The number of rotatable bonds is 7. The first-order chi connectivity index (χ1) is 15.0. The van der Waals surface area contributed by atoms with Crippen molar-refractivity contribution < 1.29 is 14.4 Å². The van der Waals surface area contributed by atoms with Crippen molar-refractivity contribution in [1.29, 1.82) is 0 Å². The van der Waals surface area contributed by atoms with Gasteiger partial charge in [-0.05, 0) is 43.0 Å². The fourth-order valence-corrected chi connectivity index (χ4v) is 3.08. The lowest BCUT2D eigenvalue weighted by atomic mass is 10.1. The number of carbonyl (C=O) groups is 3. The summed E-state index contributed by atoms with van der Waals surface area (Å²) in [6.45, 7) is 5.56. The van der Waals surface area contributed by atoms with Gasteiger partial charge in [0, 0.05) is 31.9 Å². The number of nitrogens with two attached hydrogens (primary N) is 1. The summed E-state index contributed by atoms with van der Waals surface area (Å²) in [7, 11) is 0. The second-order valence-electron chi connectivity index (χ2n) is 7.34. The summed E-state index contributed by atoms with van der Waals surface area (Å²) in [5.74, 6) is -0.541. The van der Waals surface area contributed by atoms with Crippen molar-refractivity contribution in [2.24, 2.45) is 5.73 Å². The highest BCUT2D eigenvalue weighted by molar-refractivity contribution is 5.93. The molecular weight excluding hydrogens is 394 g/mol. The second kappa shape index (κ2) is 13.0. The number of nitrogens with one attached hydrogen (secondary N) is 3. The number of benzene rings is 2. The van der Waals surface area contributed by atoms with Crippen molar-refractivity contribution in [1.82, 2.24) is 15.5 Å². The average Bonchev–Trinajstić information content (AvgIpc) is 2.78. The van der Waals surface area contributed by atoms with E-state index in [0.29, 0.717) is 18.5 Å². The quantitative estimate of drug-likeness (QED) is 0.505. The van der Waals surface area contributed by atoms with Crippen molar-refractivity contribution in [3.63, 3.8) is 0 Å². The summed E-state index contributed by atoms with van der Waals surface area (Å²) in [5, 5.41) is 8.49. The summed E-state index contributed by atoms with van der Waals surface area (Å²) >= 11 is 0. The van der Waals surface area contributed by atoms with Crippen LogP contribution in [0.1, 0.15) is 17.5 Å². The van der Waals surface area contributed by atoms with Gasteiger partial charge in [-0.3, -0.25) is 9.59 Å². The Bertz CT molecular complexity index is 838. The van der Waals surface area contributed by atoms with E-state index in [2.05, 4.69) is 16.0 Å². The molecule has 0 saturated carbocycles. The van der Waals surface area contributed by atoms with Crippen LogP contribution in [0, 0.1) is 6.92 Å². The lowest BCUT2D eigenvalue weighted by Gasteiger charge is -2.22. The zero-order chi connectivity index (χ0) is 22.5. The Hall–Kier alpha value is -3.39. The van der Waals surface area contributed by atoms with E-state index in [1.54, 1.807) is 11.0 Å². The minimum Gasteiger partial charge on any atom is -0.368 e. The van der Waals surface area contributed by atoms with Crippen LogP contribution >= 0.6 is 0 Å². The van der Waals surface area contributed by atoms with Gasteiger partial charge in [-0.2, -0.15) is 0 Å². The average molecular weight is 426 g/mol. The number of anilines is 1. The van der Waals surface area contributed by atoms with Crippen LogP contribution in [0.4, 0.5) is 10.5 Å². The van der Waals surface area contributed by atoms with Gasteiger partial charge in [0.25, 0.3) is 0 Å². The molecule has 1 heterocycles. The van der Waals surface area contributed by atoms with Gasteiger partial charge >= 0.3 is 6.03 Å². The van der Waals surface area contributed by atoms with Crippen LogP contribution in [0.2, 0.25) is 0 Å². The molecule has 4 amide bonds. The molecule has 1 atom stereocenters. The van der Waals surface area contributed by atoms with E-state index in [1.807, 2.05) is 55.5 Å². The molecule has 0 radical (unpaired) electrons. The molecule has 3 rings (SSSR count). The van der Waals surface area contributed by atoms with Crippen molar-refractivity contribution in [3.05, 3.63) is 65.7 Å². The number of nitrogens with zero attached hydrogens (tertiary/aromatic N) is 1. The first kappa shape index (κ1) is 23.9. The van der Waals surface area contributed by atoms with Gasteiger partial charge in [0.15, 0.2) is 0 Å². The van der Waals surface area contributed by atoms with Gasteiger partial charge in [0.1, 0.15) is 6.04 Å². The van der Waals surface area contributed by atoms with Gasteiger partial charge in [0.05, 0.1) is 0 Å². The number of urea groups is 1. The topological polar surface area (TPSA) is 117 Å². The lowest BCUT2D eigenvalue weighted by Crippen LogP contribution is -2.46. The molecule has 2 aromatic carbocycles. The highest BCUT2D eigenvalue weighted by atomic mass is 16.2. The maximum atomic E-state index is 12.0. The molecule has 31 heavy (non-hydrogen) atoms. The van der Waals surface area contributed by atoms with Gasteiger partial charge in [-0.15, -0.1) is 0 Å². The van der Waals surface area contributed by atoms with Crippen LogP contribution < -0.4 is 21.7 Å². The normalized spacial score (nSPS) is 13.9. The fraction of sp³-hybridized carbons (Fsp3) is 0.348. The molecule has 0 spiro atoms. The van der Waals surface area contributed by atoms with Crippen molar-refractivity contribution in [2.45, 2.75) is 25.8 Å². The van der Waals surface area contributed by atoms with Crippen LogP contribution in [0.15, 0.2) is 54.6 Å². The van der Waals surface area contributed by atoms with Crippen LogP contribution in [-0.2, 0) is 16.0 Å². The largest absolute Gasteiger partial charge is 0.368 e. The molecular formula is C23H31N5O3. The Balaban J connectivity index is 0.000000357. The first-order valence-corrected chi connectivity index (χ1v) is 10.4. The number of primary amides is 1. The fourth-order valence-electron chi connectivity index (χ4n) is 3.08. The monoisotopic (exact) mass is 425 g/mol. The number of hydrogen-bond acceptors (Lipinski definition) is 4. The Morgan fingerprint density at radius 1 is 1.13 bits per heavy atom. The third-order valence-electron chi connectivity index (χ3n) is 4.79. The summed E-state index contributed by atoms with van der Waals surface area (Å²) < 4.78 is 0. The zero-order valence-corrected chi connectivity index (χ0v) is 17.8. The second-order valence-corrected chi connectivity index (χ2v) is 7.34. The van der Waals surface area contributed by atoms with Crippen LogP contribution in [0.25, 0.3) is 0 Å². The minimum atomic E-state index is -0.708. The molecule has 0 aromatic heterocycles. The number of carbonyl (C=O) groups excluding carboxylic acids is 3. The van der Waals surface area contributed by atoms with E-state index in [1.165, 1.54) is 0 Å². The van der Waals surface area contributed by atoms with Crippen molar-refractivity contribution in [3.8, 4) is 0 Å². The first-order valence-electron chi connectivity index (χ1n) is 10.4. The van der Waals surface area contributed by atoms with Crippen LogP contribution in [0.3, 0.4) is 0 Å². The third kappa shape index (κ3) is 9.31. The van der Waals surface area contributed by atoms with Crippen molar-refractivity contribution in [2.75, 3.05) is 31.5 Å². The Kier molecular flexibility index (Phi) is 10.0. The number of hydrogen-bond donors (Lipinski definition) is 4. The smallest absolute Gasteiger partial charge is 0.319 e. The van der Waals surface area contributed by atoms with Gasteiger partial charge in [-0.1, -0.05) is 42.5 Å². The Morgan fingerprint density at radius 3 is 2.42 bits per heavy atom. The Labute approximate surface area is 183 Å². The van der Waals surface area contributed by atoms with E-state index in [-0.39, 0.29) is 0 Å². The summed E-state index contributed by atoms with van der Waals surface area (Å²) in [6, 6.07) is 16.0. The SMILES string of the molecule is Cc1cccc(NC(=O)NC(CCc2ccccc2)C(N)=O)c1.O=CN1CCNCC1. The number of amides is 4. The molecule has 1 fully saturated rings. The highest BCUT2D eigenvalue weighted by Crippen LogP contribution is 2.10. The lowest BCUT2D eigenvalue weighted by molar-refractivity contribution is -0.120. The van der Waals surface area contributed by atoms with E-state index < -0.39 is 18.0 Å². The molecule has 1 aliphatic heterocycles. The van der Waals surface area contributed by atoms with Crippen molar-refractivity contribution >= 4 is 24.0 Å². The summed E-state index contributed by atoms with van der Waals surface area (Å²) in [5.41, 5.74) is 8.20. The van der Waals surface area contributed by atoms with E-state index in [9.17, 15) is 14.4 Å². The third-order valence-corrected chi connectivity index (χ3v) is 4.79. The van der Waals surface area contributed by atoms with Crippen LogP contribution in [0.5, 0.6) is 0 Å². The molecule has 8 nitrogen and oxygen atoms in total. The molecule has 0 aliphatic carbocycles. The predicted molar refractivity (Wildman–Crippen MR) is 122 cm³/mol. The summed E-state index contributed by atoms with van der Waals surface area (Å²) in [4.78, 5) is 35.4. The maximum absolute atomic E-state index is 12.0.